The number of carbonyl (C=O) groups is 1. The first-order chi connectivity index (χ1) is 16.3. The topological polar surface area (TPSA) is 75.7 Å². The highest BCUT2D eigenvalue weighted by Crippen LogP contribution is 2.29. The molecule has 180 valence electrons. The molecule has 3 rings (SSSR count). The Morgan fingerprint density at radius 3 is 2.24 bits per heavy atom. The third-order valence-electron chi connectivity index (χ3n) is 5.18. The van der Waals surface area contributed by atoms with Crippen LogP contribution in [0, 0.1) is 0 Å². The summed E-state index contributed by atoms with van der Waals surface area (Å²) in [5.74, 6) is 0.568. The molecule has 1 N–H and O–H groups in total. The van der Waals surface area contributed by atoms with Crippen LogP contribution < -0.4 is 14.4 Å². The van der Waals surface area contributed by atoms with Crippen molar-refractivity contribution in [1.29, 1.82) is 0 Å². The summed E-state index contributed by atoms with van der Waals surface area (Å²) in [6.07, 6.45) is 3.33. The molecule has 3 aromatic rings. The van der Waals surface area contributed by atoms with E-state index >= 15 is 0 Å². The van der Waals surface area contributed by atoms with E-state index in [0.29, 0.717) is 28.9 Å². The molecule has 3 aromatic carbocycles. The maximum absolute atomic E-state index is 12.5. The molecule has 0 atom stereocenters. The number of aryl methyl sites for hydroxylation is 1. The molecule has 0 saturated heterocycles. The summed E-state index contributed by atoms with van der Waals surface area (Å²) in [7, 11) is -3.50. The molecule has 0 radical (unpaired) electrons. The molecule has 34 heavy (non-hydrogen) atoms. The normalized spacial score (nSPS) is 11.1. The summed E-state index contributed by atoms with van der Waals surface area (Å²) in [6, 6.07) is 22.1. The molecule has 6 nitrogen and oxygen atoms in total. The molecule has 0 aromatic heterocycles. The third kappa shape index (κ3) is 7.33. The first-order valence-electron chi connectivity index (χ1n) is 11.1. The molecule has 1 amide bonds. The largest absolute Gasteiger partial charge is 0.492 e. The SMILES string of the molecule is CCCc1ccc(OCCNC(=O)c2ccc(CN(c3ccccc3Br)S(C)(=O)=O)cc2)cc1. The molecule has 0 heterocycles. The number of hydrogen-bond acceptors (Lipinski definition) is 4. The number of benzene rings is 3. The van der Waals surface area contributed by atoms with Crippen LogP contribution in [0.2, 0.25) is 0 Å². The van der Waals surface area contributed by atoms with Gasteiger partial charge < -0.3 is 10.1 Å². The fraction of sp³-hybridized carbons (Fsp3) is 0.269. The number of ether oxygens (including phenoxy) is 1. The van der Waals surface area contributed by atoms with Crippen molar-refractivity contribution >= 4 is 37.5 Å². The zero-order chi connectivity index (χ0) is 24.6. The van der Waals surface area contributed by atoms with Gasteiger partial charge in [-0.25, -0.2) is 8.42 Å². The predicted molar refractivity (Wildman–Crippen MR) is 140 cm³/mol. The van der Waals surface area contributed by atoms with Gasteiger partial charge in [0.15, 0.2) is 0 Å². The van der Waals surface area contributed by atoms with E-state index in [-0.39, 0.29) is 12.5 Å². The van der Waals surface area contributed by atoms with Crippen molar-refractivity contribution in [2.24, 2.45) is 0 Å². The molecule has 0 aliphatic heterocycles. The van der Waals surface area contributed by atoms with E-state index in [2.05, 4.69) is 40.3 Å². The van der Waals surface area contributed by atoms with E-state index in [1.807, 2.05) is 18.2 Å². The van der Waals surface area contributed by atoms with E-state index in [0.717, 1.165) is 24.2 Å². The molecule has 0 saturated carbocycles. The van der Waals surface area contributed by atoms with Gasteiger partial charge in [0.05, 0.1) is 25.0 Å². The summed E-state index contributed by atoms with van der Waals surface area (Å²) in [4.78, 5) is 12.5. The van der Waals surface area contributed by atoms with Crippen LogP contribution in [0.4, 0.5) is 5.69 Å². The molecular weight excluding hydrogens is 516 g/mol. The number of hydrogen-bond donors (Lipinski definition) is 1. The molecule has 0 spiro atoms. The standard InChI is InChI=1S/C26H29BrN2O4S/c1-3-6-20-11-15-23(16-12-20)33-18-17-28-26(30)22-13-9-21(10-14-22)19-29(34(2,31)32)25-8-5-4-7-24(25)27/h4-5,7-16H,3,6,17-19H2,1-2H3,(H,28,30). The van der Waals surface area contributed by atoms with Crippen molar-refractivity contribution in [1.82, 2.24) is 5.32 Å². The molecule has 0 fully saturated rings. The van der Waals surface area contributed by atoms with Crippen LogP contribution in [-0.2, 0) is 23.0 Å². The first kappa shape index (κ1) is 25.8. The van der Waals surface area contributed by atoms with Crippen LogP contribution in [0.1, 0.15) is 34.8 Å². The van der Waals surface area contributed by atoms with E-state index in [4.69, 9.17) is 4.74 Å². The van der Waals surface area contributed by atoms with Crippen molar-refractivity contribution in [3.63, 3.8) is 0 Å². The predicted octanol–water partition coefficient (Wildman–Crippen LogP) is 5.18. The smallest absolute Gasteiger partial charge is 0.251 e. The maximum atomic E-state index is 12.5. The number of carbonyl (C=O) groups excluding carboxylic acids is 1. The second-order valence-corrected chi connectivity index (χ2v) is 10.7. The number of anilines is 1. The third-order valence-corrected chi connectivity index (χ3v) is 6.98. The average molecular weight is 545 g/mol. The lowest BCUT2D eigenvalue weighted by Crippen LogP contribution is -2.30. The average Bonchev–Trinajstić information content (AvgIpc) is 2.82. The lowest BCUT2D eigenvalue weighted by Gasteiger charge is -2.23. The maximum Gasteiger partial charge on any atom is 0.251 e. The fourth-order valence-electron chi connectivity index (χ4n) is 3.44. The van der Waals surface area contributed by atoms with E-state index in [1.165, 1.54) is 16.1 Å². The minimum Gasteiger partial charge on any atom is -0.492 e. The number of nitrogens with one attached hydrogen (secondary N) is 1. The highest BCUT2D eigenvalue weighted by atomic mass is 79.9. The Bertz CT molecular complexity index is 1200. The first-order valence-corrected chi connectivity index (χ1v) is 13.7. The van der Waals surface area contributed by atoms with Crippen LogP contribution in [0.3, 0.4) is 0 Å². The van der Waals surface area contributed by atoms with Crippen molar-refractivity contribution in [2.45, 2.75) is 26.3 Å². The zero-order valence-corrected chi connectivity index (χ0v) is 21.7. The Morgan fingerprint density at radius 1 is 0.971 bits per heavy atom. The van der Waals surface area contributed by atoms with Gasteiger partial charge in [-0.1, -0.05) is 49.7 Å². The van der Waals surface area contributed by atoms with Crippen molar-refractivity contribution in [3.05, 3.63) is 94.0 Å². The number of para-hydroxylation sites is 1. The van der Waals surface area contributed by atoms with Gasteiger partial charge in [-0.05, 0) is 69.9 Å². The lowest BCUT2D eigenvalue weighted by atomic mass is 10.1. The van der Waals surface area contributed by atoms with Crippen molar-refractivity contribution < 1.29 is 17.9 Å². The Morgan fingerprint density at radius 2 is 1.62 bits per heavy atom. The van der Waals surface area contributed by atoms with Crippen LogP contribution in [0.15, 0.2) is 77.3 Å². The van der Waals surface area contributed by atoms with Gasteiger partial charge in [0.1, 0.15) is 12.4 Å². The second kappa shape index (κ2) is 12.0. The van der Waals surface area contributed by atoms with E-state index < -0.39 is 10.0 Å². The van der Waals surface area contributed by atoms with Crippen molar-refractivity contribution in [2.75, 3.05) is 23.7 Å². The van der Waals surface area contributed by atoms with Gasteiger partial charge in [-0.3, -0.25) is 9.10 Å². The Balaban J connectivity index is 1.54. The molecule has 8 heteroatoms. The second-order valence-electron chi connectivity index (χ2n) is 7.92. The monoisotopic (exact) mass is 544 g/mol. The summed E-state index contributed by atoms with van der Waals surface area (Å²) < 4.78 is 32.5. The zero-order valence-electron chi connectivity index (χ0n) is 19.3. The van der Waals surface area contributed by atoms with Gasteiger partial charge in [0.25, 0.3) is 5.91 Å². The van der Waals surface area contributed by atoms with Gasteiger partial charge >= 0.3 is 0 Å². The molecule has 0 bridgehead atoms. The molecule has 0 unspecified atom stereocenters. The van der Waals surface area contributed by atoms with Crippen LogP contribution in [0.5, 0.6) is 5.75 Å². The Hall–Kier alpha value is -2.84. The number of nitrogens with zero attached hydrogens (tertiary/aromatic N) is 1. The fourth-order valence-corrected chi connectivity index (χ4v) is 4.96. The Labute approximate surface area is 210 Å². The quantitative estimate of drug-likeness (QED) is 0.337. The van der Waals surface area contributed by atoms with Gasteiger partial charge in [-0.15, -0.1) is 0 Å². The van der Waals surface area contributed by atoms with Crippen LogP contribution in [-0.4, -0.2) is 33.7 Å². The number of halogens is 1. The minimum atomic E-state index is -3.50. The minimum absolute atomic E-state index is 0.161. The van der Waals surface area contributed by atoms with Gasteiger partial charge in [0, 0.05) is 10.0 Å². The number of amides is 1. The number of sulfonamides is 1. The van der Waals surface area contributed by atoms with E-state index in [1.54, 1.807) is 42.5 Å². The van der Waals surface area contributed by atoms with Gasteiger partial charge in [0.2, 0.25) is 10.0 Å². The Kier molecular flexibility index (Phi) is 9.12. The summed E-state index contributed by atoms with van der Waals surface area (Å²) in [5, 5.41) is 2.84. The summed E-state index contributed by atoms with van der Waals surface area (Å²) >= 11 is 3.42. The molecule has 0 aliphatic rings. The molecule has 0 aliphatic carbocycles. The summed E-state index contributed by atoms with van der Waals surface area (Å²) in [5.41, 5.74) is 3.11. The number of rotatable bonds is 11. The highest BCUT2D eigenvalue weighted by molar-refractivity contribution is 9.10. The van der Waals surface area contributed by atoms with Crippen molar-refractivity contribution in [3.8, 4) is 5.75 Å². The van der Waals surface area contributed by atoms with Gasteiger partial charge in [-0.2, -0.15) is 0 Å². The van der Waals surface area contributed by atoms with Crippen LogP contribution in [0.25, 0.3) is 0 Å². The summed E-state index contributed by atoms with van der Waals surface area (Å²) in [6.45, 7) is 3.05. The lowest BCUT2D eigenvalue weighted by molar-refractivity contribution is 0.0947. The molecular formula is C26H29BrN2O4S. The van der Waals surface area contributed by atoms with Crippen LogP contribution >= 0.6 is 15.9 Å². The highest BCUT2D eigenvalue weighted by Gasteiger charge is 2.20. The van der Waals surface area contributed by atoms with E-state index in [9.17, 15) is 13.2 Å².